The lowest BCUT2D eigenvalue weighted by Crippen LogP contribution is -2.52. The number of carbonyl (C=O) groups excluding carboxylic acids is 1. The lowest BCUT2D eigenvalue weighted by atomic mass is 10.1. The van der Waals surface area contributed by atoms with Gasteiger partial charge in [-0.15, -0.1) is 0 Å². The molecule has 2 aliphatic heterocycles. The molecule has 0 radical (unpaired) electrons. The molecule has 0 bridgehead atoms. The molecule has 9 nitrogen and oxygen atoms in total. The zero-order chi connectivity index (χ0) is 26.2. The summed E-state index contributed by atoms with van der Waals surface area (Å²) in [5.41, 5.74) is 1.73. The largest absolute Gasteiger partial charge is 0.496 e. The quantitative estimate of drug-likeness (QED) is 0.429. The number of nitrogens with zero attached hydrogens (tertiary/aromatic N) is 3. The normalized spacial score (nSPS) is 20.1. The van der Waals surface area contributed by atoms with Crippen molar-refractivity contribution in [3.8, 4) is 28.5 Å². The van der Waals surface area contributed by atoms with Crippen LogP contribution in [0.25, 0.3) is 16.9 Å². The lowest BCUT2D eigenvalue weighted by molar-refractivity contribution is -0.0731. The van der Waals surface area contributed by atoms with Crippen LogP contribution in [0, 0.1) is 0 Å². The lowest BCUT2D eigenvalue weighted by Gasteiger charge is -2.38. The number of hydrogen-bond donors (Lipinski definition) is 1. The van der Waals surface area contributed by atoms with Crippen molar-refractivity contribution in [1.29, 1.82) is 0 Å². The van der Waals surface area contributed by atoms with Crippen LogP contribution in [-0.2, 0) is 4.74 Å². The van der Waals surface area contributed by atoms with Crippen molar-refractivity contribution in [2.45, 2.75) is 50.4 Å². The summed E-state index contributed by atoms with van der Waals surface area (Å²) in [6.07, 6.45) is 7.45. The molecular formula is C27H30F2N4O5. The second kappa shape index (κ2) is 10.4. The fourth-order valence-electron chi connectivity index (χ4n) is 5.19. The van der Waals surface area contributed by atoms with E-state index in [1.54, 1.807) is 12.3 Å². The highest BCUT2D eigenvalue weighted by molar-refractivity contribution is 6.01. The smallest absolute Gasteiger partial charge is 0.387 e. The first-order valence-corrected chi connectivity index (χ1v) is 12.9. The van der Waals surface area contributed by atoms with Crippen LogP contribution in [0.15, 0.2) is 36.7 Å². The Labute approximate surface area is 218 Å². The first kappa shape index (κ1) is 24.9. The molecular weight excluding hydrogens is 498 g/mol. The van der Waals surface area contributed by atoms with Gasteiger partial charge in [0.25, 0.3) is 5.91 Å². The Morgan fingerprint density at radius 1 is 1.21 bits per heavy atom. The number of fused-ring (bicyclic) bond motifs is 1. The molecule has 3 fully saturated rings. The number of methoxy groups -OCH3 is 1. The Morgan fingerprint density at radius 3 is 2.74 bits per heavy atom. The van der Waals surface area contributed by atoms with Crippen LogP contribution in [0.2, 0.25) is 0 Å². The van der Waals surface area contributed by atoms with E-state index in [4.69, 9.17) is 18.9 Å². The van der Waals surface area contributed by atoms with Gasteiger partial charge in [0.15, 0.2) is 0 Å². The van der Waals surface area contributed by atoms with Crippen LogP contribution in [-0.4, -0.2) is 78.4 Å². The molecule has 11 heteroatoms. The van der Waals surface area contributed by atoms with E-state index < -0.39 is 12.5 Å². The molecule has 202 valence electrons. The SMILES string of the molecule is COc1cc(-c2cnc3cc(OCC4CCCN4C4COC4)ccn23)cc(OC(F)F)c1C(=O)NC1CC1. The third-order valence-corrected chi connectivity index (χ3v) is 7.38. The third-order valence-electron chi connectivity index (χ3n) is 7.38. The van der Waals surface area contributed by atoms with Gasteiger partial charge in [0.05, 0.1) is 38.3 Å². The number of benzene rings is 1. The highest BCUT2D eigenvalue weighted by atomic mass is 19.3. The molecule has 1 saturated carbocycles. The van der Waals surface area contributed by atoms with E-state index in [9.17, 15) is 13.6 Å². The summed E-state index contributed by atoms with van der Waals surface area (Å²) in [5, 5.41) is 2.81. The number of rotatable bonds is 10. The predicted octanol–water partition coefficient (Wildman–Crippen LogP) is 3.75. The molecule has 6 rings (SSSR count). The number of halogens is 2. The minimum atomic E-state index is -3.10. The van der Waals surface area contributed by atoms with Gasteiger partial charge in [-0.3, -0.25) is 14.1 Å². The van der Waals surface area contributed by atoms with Crippen LogP contribution in [0.4, 0.5) is 8.78 Å². The minimum absolute atomic E-state index is 0.0467. The van der Waals surface area contributed by atoms with Crippen molar-refractivity contribution in [2.75, 3.05) is 33.5 Å². The standard InChI is InChI=1S/C27H30F2N4O5/c1-35-22-9-16(10-23(38-27(28)29)25(22)26(34)31-17-4-5-17)21-12-30-24-11-20(6-8-33(21)24)37-15-18-3-2-7-32(18)19-13-36-14-19/h6,8-12,17-19,27H,2-5,7,13-15H2,1H3,(H,31,34). The van der Waals surface area contributed by atoms with Crippen molar-refractivity contribution in [3.05, 3.63) is 42.2 Å². The molecule has 1 unspecified atom stereocenters. The number of ether oxygens (including phenoxy) is 4. The van der Waals surface area contributed by atoms with Gasteiger partial charge in [-0.25, -0.2) is 4.98 Å². The molecule has 38 heavy (non-hydrogen) atoms. The van der Waals surface area contributed by atoms with Crippen molar-refractivity contribution in [3.63, 3.8) is 0 Å². The third kappa shape index (κ3) is 5.00. The van der Waals surface area contributed by atoms with Crippen LogP contribution in [0.1, 0.15) is 36.0 Å². The molecule has 1 aliphatic carbocycles. The monoisotopic (exact) mass is 528 g/mol. The van der Waals surface area contributed by atoms with Crippen molar-refractivity contribution >= 4 is 11.6 Å². The topological polar surface area (TPSA) is 86.6 Å². The number of amides is 1. The van der Waals surface area contributed by atoms with E-state index in [1.165, 1.54) is 13.2 Å². The second-order valence-electron chi connectivity index (χ2n) is 9.95. The summed E-state index contributed by atoms with van der Waals surface area (Å²) in [4.78, 5) is 19.8. The number of pyridine rings is 1. The molecule has 1 amide bonds. The number of likely N-dealkylation sites (tertiary alicyclic amines) is 1. The van der Waals surface area contributed by atoms with Gasteiger partial charge in [0.1, 0.15) is 35.1 Å². The van der Waals surface area contributed by atoms with E-state index in [0.717, 1.165) is 45.4 Å². The summed E-state index contributed by atoms with van der Waals surface area (Å²) < 4.78 is 50.1. The molecule has 3 aliphatic rings. The summed E-state index contributed by atoms with van der Waals surface area (Å²) in [5.74, 6) is 0.0967. The zero-order valence-corrected chi connectivity index (χ0v) is 21.1. The maximum absolute atomic E-state index is 13.3. The van der Waals surface area contributed by atoms with Crippen molar-refractivity contribution in [1.82, 2.24) is 19.6 Å². The number of carbonyl (C=O) groups is 1. The number of imidazole rings is 1. The Morgan fingerprint density at radius 2 is 2.03 bits per heavy atom. The molecule has 4 heterocycles. The summed E-state index contributed by atoms with van der Waals surface area (Å²) in [6, 6.07) is 7.66. The van der Waals surface area contributed by atoms with Crippen molar-refractivity contribution < 1.29 is 32.5 Å². The summed E-state index contributed by atoms with van der Waals surface area (Å²) >= 11 is 0. The molecule has 2 saturated heterocycles. The van der Waals surface area contributed by atoms with Gasteiger partial charge in [-0.05, 0) is 50.4 Å². The van der Waals surface area contributed by atoms with E-state index in [-0.39, 0.29) is 23.1 Å². The number of nitrogens with one attached hydrogen (secondary N) is 1. The molecule has 3 aromatic rings. The maximum Gasteiger partial charge on any atom is 0.387 e. The maximum atomic E-state index is 13.3. The Hall–Kier alpha value is -3.44. The van der Waals surface area contributed by atoms with Crippen LogP contribution in [0.3, 0.4) is 0 Å². The number of aromatic nitrogens is 2. The number of alkyl halides is 2. The van der Waals surface area contributed by atoms with E-state index in [2.05, 4.69) is 15.2 Å². The molecule has 1 N–H and O–H groups in total. The van der Waals surface area contributed by atoms with Gasteiger partial charge < -0.3 is 24.3 Å². The Bertz CT molecular complexity index is 1320. The van der Waals surface area contributed by atoms with Gasteiger partial charge in [-0.2, -0.15) is 8.78 Å². The predicted molar refractivity (Wildman–Crippen MR) is 134 cm³/mol. The average molecular weight is 529 g/mol. The van der Waals surface area contributed by atoms with Gasteiger partial charge in [0, 0.05) is 29.9 Å². The van der Waals surface area contributed by atoms with Gasteiger partial charge in [0.2, 0.25) is 0 Å². The Kier molecular flexibility index (Phi) is 6.79. The summed E-state index contributed by atoms with van der Waals surface area (Å²) in [7, 11) is 1.39. The van der Waals surface area contributed by atoms with Crippen molar-refractivity contribution in [2.24, 2.45) is 0 Å². The van der Waals surface area contributed by atoms with E-state index in [0.29, 0.717) is 41.3 Å². The molecule has 0 spiro atoms. The molecule has 1 atom stereocenters. The highest BCUT2D eigenvalue weighted by Gasteiger charge is 2.35. The van der Waals surface area contributed by atoms with Crippen LogP contribution < -0.4 is 19.5 Å². The first-order chi connectivity index (χ1) is 18.5. The van der Waals surface area contributed by atoms with E-state index in [1.807, 2.05) is 22.7 Å². The molecule has 2 aromatic heterocycles. The number of hydrogen-bond acceptors (Lipinski definition) is 7. The fourth-order valence-corrected chi connectivity index (χ4v) is 5.19. The summed E-state index contributed by atoms with van der Waals surface area (Å²) in [6.45, 7) is 0.153. The zero-order valence-electron chi connectivity index (χ0n) is 21.1. The Balaban J connectivity index is 1.25. The second-order valence-corrected chi connectivity index (χ2v) is 9.95. The minimum Gasteiger partial charge on any atom is -0.496 e. The van der Waals surface area contributed by atoms with Gasteiger partial charge in [-0.1, -0.05) is 0 Å². The van der Waals surface area contributed by atoms with E-state index >= 15 is 0 Å². The van der Waals surface area contributed by atoms with Crippen LogP contribution in [0.5, 0.6) is 17.2 Å². The fraction of sp³-hybridized carbons (Fsp3) is 0.481. The molecule has 1 aromatic carbocycles. The van der Waals surface area contributed by atoms with Gasteiger partial charge >= 0.3 is 6.61 Å². The first-order valence-electron chi connectivity index (χ1n) is 12.9. The van der Waals surface area contributed by atoms with Crippen LogP contribution >= 0.6 is 0 Å². The highest BCUT2D eigenvalue weighted by Crippen LogP contribution is 2.37. The average Bonchev–Trinajstić information content (AvgIpc) is 3.39.